The van der Waals surface area contributed by atoms with Gasteiger partial charge in [-0.3, -0.25) is 0 Å². The largest absolute Gasteiger partial charge is 0.352 e. The fourth-order valence-corrected chi connectivity index (χ4v) is 3.97. The summed E-state index contributed by atoms with van der Waals surface area (Å²) in [6.07, 6.45) is 0. The fourth-order valence-electron chi connectivity index (χ4n) is 3.78. The minimum atomic E-state index is -0.117. The van der Waals surface area contributed by atoms with Crippen LogP contribution in [0.15, 0.2) is 48.5 Å². The molecule has 1 fully saturated rings. The number of halogens is 1. The van der Waals surface area contributed by atoms with Crippen molar-refractivity contribution in [2.45, 2.75) is 20.8 Å². The van der Waals surface area contributed by atoms with Gasteiger partial charge < -0.3 is 15.1 Å². The van der Waals surface area contributed by atoms with Crippen LogP contribution in [-0.4, -0.2) is 47.3 Å². The molecule has 0 saturated carbocycles. The molecular formula is C24H26ClN5O. The number of nitrogens with one attached hydrogen (secondary N) is 1. The van der Waals surface area contributed by atoms with Gasteiger partial charge in [0.1, 0.15) is 0 Å². The van der Waals surface area contributed by atoms with E-state index in [0.29, 0.717) is 36.9 Å². The summed E-state index contributed by atoms with van der Waals surface area (Å²) in [5.74, 6) is 0.833. The number of aromatic nitrogens is 2. The van der Waals surface area contributed by atoms with Gasteiger partial charge in [-0.1, -0.05) is 23.7 Å². The van der Waals surface area contributed by atoms with E-state index in [2.05, 4.69) is 53.3 Å². The van der Waals surface area contributed by atoms with Crippen molar-refractivity contribution in [1.82, 2.24) is 15.1 Å². The highest BCUT2D eigenvalue weighted by molar-refractivity contribution is 6.30. The number of aryl methyl sites for hydroxylation is 3. The Morgan fingerprint density at radius 3 is 2.32 bits per heavy atom. The van der Waals surface area contributed by atoms with Crippen molar-refractivity contribution in [3.63, 3.8) is 0 Å². The molecule has 0 atom stereocenters. The highest BCUT2D eigenvalue weighted by Gasteiger charge is 2.22. The first-order valence-electron chi connectivity index (χ1n) is 10.4. The number of hydrogen-bond acceptors (Lipinski definition) is 4. The molecule has 1 aliphatic rings. The Morgan fingerprint density at radius 1 is 0.903 bits per heavy atom. The predicted molar refractivity (Wildman–Crippen MR) is 126 cm³/mol. The van der Waals surface area contributed by atoms with E-state index < -0.39 is 0 Å². The van der Waals surface area contributed by atoms with Crippen LogP contribution in [0.5, 0.6) is 0 Å². The number of piperazine rings is 1. The molecule has 160 valence electrons. The maximum absolute atomic E-state index is 12.5. The molecule has 1 saturated heterocycles. The van der Waals surface area contributed by atoms with Crippen LogP contribution in [0, 0.1) is 20.8 Å². The molecule has 0 spiro atoms. The first-order chi connectivity index (χ1) is 14.9. The molecule has 1 aromatic heterocycles. The summed E-state index contributed by atoms with van der Waals surface area (Å²) in [5, 5.41) is 12.4. The van der Waals surface area contributed by atoms with E-state index in [1.54, 1.807) is 17.0 Å². The summed E-state index contributed by atoms with van der Waals surface area (Å²) in [5.41, 5.74) is 6.42. The average Bonchev–Trinajstić information content (AvgIpc) is 2.76. The van der Waals surface area contributed by atoms with E-state index in [-0.39, 0.29) is 6.03 Å². The fraction of sp³-hybridized carbons (Fsp3) is 0.292. The van der Waals surface area contributed by atoms with Gasteiger partial charge in [-0.05, 0) is 73.9 Å². The van der Waals surface area contributed by atoms with Crippen molar-refractivity contribution >= 4 is 29.1 Å². The molecule has 2 heterocycles. The Kier molecular flexibility index (Phi) is 6.09. The molecule has 4 rings (SSSR count). The molecule has 0 aliphatic carbocycles. The third-order valence-electron chi connectivity index (χ3n) is 5.73. The molecule has 6 nitrogen and oxygen atoms in total. The van der Waals surface area contributed by atoms with Gasteiger partial charge in [0, 0.05) is 42.5 Å². The lowest BCUT2D eigenvalue weighted by Gasteiger charge is -2.35. The summed E-state index contributed by atoms with van der Waals surface area (Å²) in [7, 11) is 0. The van der Waals surface area contributed by atoms with Crippen LogP contribution in [0.1, 0.15) is 16.7 Å². The first-order valence-corrected chi connectivity index (χ1v) is 10.8. The van der Waals surface area contributed by atoms with E-state index in [9.17, 15) is 4.79 Å². The second-order valence-corrected chi connectivity index (χ2v) is 8.38. The van der Waals surface area contributed by atoms with Gasteiger partial charge in [0.2, 0.25) is 0 Å². The second kappa shape index (κ2) is 8.94. The Bertz CT molecular complexity index is 1090. The van der Waals surface area contributed by atoms with Gasteiger partial charge in [0.05, 0.1) is 5.69 Å². The van der Waals surface area contributed by atoms with Crippen LogP contribution in [0.4, 0.5) is 16.3 Å². The van der Waals surface area contributed by atoms with Gasteiger partial charge in [-0.25, -0.2) is 4.79 Å². The molecule has 7 heteroatoms. The third-order valence-corrected chi connectivity index (χ3v) is 5.97. The number of carbonyl (C=O) groups is 1. The smallest absolute Gasteiger partial charge is 0.321 e. The summed E-state index contributed by atoms with van der Waals surface area (Å²) < 4.78 is 0. The van der Waals surface area contributed by atoms with Crippen molar-refractivity contribution in [3.05, 3.63) is 70.2 Å². The average molecular weight is 436 g/mol. The summed E-state index contributed by atoms with van der Waals surface area (Å²) in [6, 6.07) is 15.4. The third kappa shape index (κ3) is 4.80. The zero-order valence-corrected chi connectivity index (χ0v) is 18.8. The maximum atomic E-state index is 12.5. The summed E-state index contributed by atoms with van der Waals surface area (Å²) >= 11 is 5.99. The lowest BCUT2D eigenvalue weighted by Crippen LogP contribution is -2.50. The number of amides is 2. The zero-order chi connectivity index (χ0) is 22.0. The van der Waals surface area contributed by atoms with Gasteiger partial charge >= 0.3 is 6.03 Å². The van der Waals surface area contributed by atoms with E-state index in [0.717, 1.165) is 17.1 Å². The topological polar surface area (TPSA) is 61.4 Å². The van der Waals surface area contributed by atoms with E-state index in [1.807, 2.05) is 24.3 Å². The maximum Gasteiger partial charge on any atom is 0.321 e. The Balaban J connectivity index is 1.38. The number of hydrogen-bond donors (Lipinski definition) is 1. The number of benzene rings is 2. The van der Waals surface area contributed by atoms with E-state index in [4.69, 9.17) is 11.6 Å². The molecule has 0 bridgehead atoms. The number of carbonyl (C=O) groups excluding carboxylic acids is 1. The highest BCUT2D eigenvalue weighted by Crippen LogP contribution is 2.26. The lowest BCUT2D eigenvalue weighted by atomic mass is 9.99. The van der Waals surface area contributed by atoms with Gasteiger partial charge in [0.25, 0.3) is 0 Å². The molecule has 0 unspecified atom stereocenters. The van der Waals surface area contributed by atoms with E-state index in [1.165, 1.54) is 16.7 Å². The van der Waals surface area contributed by atoms with Crippen LogP contribution in [0.25, 0.3) is 11.3 Å². The molecule has 2 amide bonds. The highest BCUT2D eigenvalue weighted by atomic mass is 35.5. The number of rotatable bonds is 3. The number of nitrogens with zero attached hydrogens (tertiary/aromatic N) is 4. The van der Waals surface area contributed by atoms with Crippen LogP contribution < -0.4 is 10.2 Å². The van der Waals surface area contributed by atoms with E-state index >= 15 is 0 Å². The molecule has 0 radical (unpaired) electrons. The summed E-state index contributed by atoms with van der Waals surface area (Å²) in [6.45, 7) is 8.99. The number of anilines is 2. The molecule has 3 aromatic rings. The van der Waals surface area contributed by atoms with Gasteiger partial charge in [-0.15, -0.1) is 10.2 Å². The minimum Gasteiger partial charge on any atom is -0.352 e. The van der Waals surface area contributed by atoms with Crippen molar-refractivity contribution in [3.8, 4) is 11.3 Å². The second-order valence-electron chi connectivity index (χ2n) is 7.94. The van der Waals surface area contributed by atoms with Gasteiger partial charge in [0.15, 0.2) is 5.82 Å². The Hall–Kier alpha value is -3.12. The van der Waals surface area contributed by atoms with Crippen LogP contribution >= 0.6 is 11.6 Å². The van der Waals surface area contributed by atoms with Gasteiger partial charge in [-0.2, -0.15) is 0 Å². The van der Waals surface area contributed by atoms with Crippen LogP contribution in [-0.2, 0) is 0 Å². The normalized spacial score (nSPS) is 13.9. The monoisotopic (exact) mass is 435 g/mol. The minimum absolute atomic E-state index is 0.117. The lowest BCUT2D eigenvalue weighted by molar-refractivity contribution is 0.208. The molecule has 2 aromatic carbocycles. The standard InChI is InChI=1S/C24H26ClN5O/c1-16-13-18(3)21(14-17(16)2)22-7-8-23(28-27-22)29-9-11-30(12-10-29)24(31)26-20-6-4-5-19(25)15-20/h4-8,13-15H,9-12H2,1-3H3,(H,26,31). The predicted octanol–water partition coefficient (Wildman–Crippen LogP) is 5.08. The SMILES string of the molecule is Cc1cc(C)c(-c2ccc(N3CCN(C(=O)Nc4cccc(Cl)c4)CC3)nn2)cc1C. The molecule has 1 N–H and O–H groups in total. The van der Waals surface area contributed by atoms with Crippen molar-refractivity contribution in [2.75, 3.05) is 36.4 Å². The van der Waals surface area contributed by atoms with Crippen LogP contribution in [0.3, 0.4) is 0 Å². The molecule has 31 heavy (non-hydrogen) atoms. The number of urea groups is 1. The van der Waals surface area contributed by atoms with Crippen molar-refractivity contribution in [2.24, 2.45) is 0 Å². The molecular weight excluding hydrogens is 410 g/mol. The quantitative estimate of drug-likeness (QED) is 0.623. The van der Waals surface area contributed by atoms with Crippen molar-refractivity contribution < 1.29 is 4.79 Å². The first kappa shape index (κ1) is 21.1. The van der Waals surface area contributed by atoms with Crippen molar-refractivity contribution in [1.29, 1.82) is 0 Å². The Labute approximate surface area is 187 Å². The molecule has 1 aliphatic heterocycles. The summed E-state index contributed by atoms with van der Waals surface area (Å²) in [4.78, 5) is 16.5. The zero-order valence-electron chi connectivity index (χ0n) is 18.0. The Morgan fingerprint density at radius 2 is 1.65 bits per heavy atom. The van der Waals surface area contributed by atoms with Crippen LogP contribution in [0.2, 0.25) is 5.02 Å².